The van der Waals surface area contributed by atoms with Gasteiger partial charge in [0.15, 0.2) is 11.6 Å². The van der Waals surface area contributed by atoms with Crippen molar-refractivity contribution >= 4 is 17.8 Å². The molecule has 0 bridgehead atoms. The smallest absolute Gasteiger partial charge is 0.338 e. The third-order valence-electron chi connectivity index (χ3n) is 2.55. The molecule has 1 rings (SSSR count). The third kappa shape index (κ3) is 3.29. The molecule has 19 heavy (non-hydrogen) atoms. The minimum atomic E-state index is -2.61. The predicted octanol–water partition coefficient (Wildman–Crippen LogP) is -0.295. The van der Waals surface area contributed by atoms with Crippen molar-refractivity contribution in [2.75, 3.05) is 0 Å². The zero-order valence-electron chi connectivity index (χ0n) is 10.0. The number of carboxylic acid groups (broad SMARTS) is 2. The van der Waals surface area contributed by atoms with Gasteiger partial charge in [0.05, 0.1) is 0 Å². The molecule has 0 fully saturated rings. The van der Waals surface area contributed by atoms with Crippen LogP contribution in [0.4, 0.5) is 0 Å². The second-order valence-electron chi connectivity index (χ2n) is 4.06. The van der Waals surface area contributed by atoms with E-state index in [4.69, 9.17) is 10.2 Å². The number of aliphatic carboxylic acids is 2. The molecular formula is C12H13NO6. The highest BCUT2D eigenvalue weighted by atomic mass is 16.4. The number of carboxylic acids is 2. The number of hydrogen-bond acceptors (Lipinski definition) is 4. The maximum Gasteiger partial charge on any atom is 0.338 e. The summed E-state index contributed by atoms with van der Waals surface area (Å²) in [4.78, 5) is 33.5. The first-order valence-corrected chi connectivity index (χ1v) is 5.31. The Hall–Kier alpha value is -2.41. The molecule has 0 aliphatic rings. The summed E-state index contributed by atoms with van der Waals surface area (Å²) < 4.78 is 0. The van der Waals surface area contributed by atoms with E-state index in [0.717, 1.165) is 6.92 Å². The topological polar surface area (TPSA) is 124 Å². The van der Waals surface area contributed by atoms with Crippen LogP contribution in [-0.2, 0) is 9.59 Å². The number of carbonyl (C=O) groups is 3. The van der Waals surface area contributed by atoms with Crippen molar-refractivity contribution in [2.24, 2.45) is 0 Å². The van der Waals surface area contributed by atoms with E-state index >= 15 is 0 Å². The van der Waals surface area contributed by atoms with Crippen molar-refractivity contribution in [3.8, 4) is 0 Å². The monoisotopic (exact) mass is 267 g/mol. The van der Waals surface area contributed by atoms with Crippen LogP contribution in [0.15, 0.2) is 30.3 Å². The minimum absolute atomic E-state index is 0.162. The van der Waals surface area contributed by atoms with Crippen molar-refractivity contribution in [1.82, 2.24) is 5.32 Å². The molecular weight excluding hydrogens is 254 g/mol. The molecule has 0 spiro atoms. The van der Waals surface area contributed by atoms with E-state index in [2.05, 4.69) is 0 Å². The standard InChI is InChI=1S/C12H13NO6/c1-12(19,11(17)18)8(10(15)16)13-9(14)7-5-3-2-4-6-7/h2-6,8,19H,1H3,(H,13,14)(H,15,16)(H,17,18). The van der Waals surface area contributed by atoms with Crippen molar-refractivity contribution in [3.05, 3.63) is 35.9 Å². The summed E-state index contributed by atoms with van der Waals surface area (Å²) >= 11 is 0. The summed E-state index contributed by atoms with van der Waals surface area (Å²) in [6.07, 6.45) is 0. The first kappa shape index (κ1) is 14.7. The van der Waals surface area contributed by atoms with E-state index in [-0.39, 0.29) is 5.56 Å². The fourth-order valence-corrected chi connectivity index (χ4v) is 1.37. The fourth-order valence-electron chi connectivity index (χ4n) is 1.37. The van der Waals surface area contributed by atoms with E-state index in [1.807, 2.05) is 5.32 Å². The van der Waals surface area contributed by atoms with Crippen LogP contribution in [-0.4, -0.2) is 44.8 Å². The van der Waals surface area contributed by atoms with Gasteiger partial charge in [-0.25, -0.2) is 9.59 Å². The molecule has 4 N–H and O–H groups in total. The third-order valence-corrected chi connectivity index (χ3v) is 2.55. The molecule has 0 aliphatic carbocycles. The zero-order chi connectivity index (χ0) is 14.6. The number of hydrogen-bond donors (Lipinski definition) is 4. The summed E-state index contributed by atoms with van der Waals surface area (Å²) in [6.45, 7) is 0.805. The first-order chi connectivity index (χ1) is 8.76. The Morgan fingerprint density at radius 1 is 1.16 bits per heavy atom. The molecule has 0 saturated heterocycles. The SMILES string of the molecule is CC(O)(C(=O)O)C(NC(=O)c1ccccc1)C(=O)O. The Morgan fingerprint density at radius 3 is 2.11 bits per heavy atom. The maximum atomic E-state index is 11.8. The zero-order valence-corrected chi connectivity index (χ0v) is 10.0. The van der Waals surface area contributed by atoms with Gasteiger partial charge >= 0.3 is 11.9 Å². The minimum Gasteiger partial charge on any atom is -0.480 e. The molecule has 0 aromatic heterocycles. The lowest BCUT2D eigenvalue weighted by Gasteiger charge is -2.26. The van der Waals surface area contributed by atoms with Crippen LogP contribution in [0, 0.1) is 0 Å². The predicted molar refractivity (Wildman–Crippen MR) is 63.6 cm³/mol. The summed E-state index contributed by atoms with van der Waals surface area (Å²) in [7, 11) is 0. The van der Waals surface area contributed by atoms with Crippen LogP contribution in [0.2, 0.25) is 0 Å². The molecule has 1 aromatic rings. The number of benzene rings is 1. The maximum absolute atomic E-state index is 11.8. The highest BCUT2D eigenvalue weighted by Crippen LogP contribution is 2.12. The number of aliphatic hydroxyl groups is 1. The van der Waals surface area contributed by atoms with Gasteiger partial charge in [0, 0.05) is 5.56 Å². The largest absolute Gasteiger partial charge is 0.480 e. The van der Waals surface area contributed by atoms with Crippen molar-refractivity contribution in [2.45, 2.75) is 18.6 Å². The van der Waals surface area contributed by atoms with Gasteiger partial charge in [-0.2, -0.15) is 0 Å². The van der Waals surface area contributed by atoms with Gasteiger partial charge in [-0.05, 0) is 19.1 Å². The lowest BCUT2D eigenvalue weighted by atomic mass is 9.96. The molecule has 0 heterocycles. The van der Waals surface area contributed by atoms with E-state index in [1.54, 1.807) is 18.2 Å². The molecule has 2 atom stereocenters. The summed E-state index contributed by atoms with van der Waals surface area (Å²) in [5.74, 6) is -4.17. The Bertz CT molecular complexity index is 496. The van der Waals surface area contributed by atoms with Crippen LogP contribution in [0.25, 0.3) is 0 Å². The van der Waals surface area contributed by atoms with Gasteiger partial charge < -0.3 is 20.6 Å². The van der Waals surface area contributed by atoms with Gasteiger partial charge in [-0.1, -0.05) is 18.2 Å². The van der Waals surface area contributed by atoms with E-state index in [9.17, 15) is 19.5 Å². The molecule has 7 heteroatoms. The van der Waals surface area contributed by atoms with Crippen LogP contribution < -0.4 is 5.32 Å². The molecule has 1 aromatic carbocycles. The summed E-state index contributed by atoms with van der Waals surface area (Å²) in [5.41, 5.74) is -2.45. The van der Waals surface area contributed by atoms with Crippen LogP contribution >= 0.6 is 0 Å². The molecule has 2 unspecified atom stereocenters. The number of amides is 1. The second kappa shape index (κ2) is 5.49. The highest BCUT2D eigenvalue weighted by Gasteiger charge is 2.45. The lowest BCUT2D eigenvalue weighted by molar-refractivity contribution is -0.166. The van der Waals surface area contributed by atoms with Crippen LogP contribution in [0.1, 0.15) is 17.3 Å². The van der Waals surface area contributed by atoms with Gasteiger partial charge in [-0.3, -0.25) is 4.79 Å². The average Bonchev–Trinajstić information content (AvgIpc) is 2.35. The molecule has 1 amide bonds. The second-order valence-corrected chi connectivity index (χ2v) is 4.06. The number of nitrogens with one attached hydrogen (secondary N) is 1. The quantitative estimate of drug-likeness (QED) is 0.581. The van der Waals surface area contributed by atoms with Gasteiger partial charge in [-0.15, -0.1) is 0 Å². The van der Waals surface area contributed by atoms with Crippen molar-refractivity contribution in [3.63, 3.8) is 0 Å². The van der Waals surface area contributed by atoms with Crippen molar-refractivity contribution in [1.29, 1.82) is 0 Å². The molecule has 102 valence electrons. The van der Waals surface area contributed by atoms with E-state index in [1.165, 1.54) is 12.1 Å². The highest BCUT2D eigenvalue weighted by molar-refractivity contribution is 5.98. The van der Waals surface area contributed by atoms with Crippen LogP contribution in [0.3, 0.4) is 0 Å². The van der Waals surface area contributed by atoms with E-state index < -0.39 is 29.5 Å². The van der Waals surface area contributed by atoms with Gasteiger partial charge in [0.25, 0.3) is 5.91 Å². The average molecular weight is 267 g/mol. The van der Waals surface area contributed by atoms with Gasteiger partial charge in [0.1, 0.15) is 0 Å². The Balaban J connectivity index is 2.96. The molecule has 0 saturated carbocycles. The first-order valence-electron chi connectivity index (χ1n) is 5.31. The number of carbonyl (C=O) groups excluding carboxylic acids is 1. The summed E-state index contributed by atoms with van der Waals surface area (Å²) in [5, 5.41) is 29.3. The molecule has 7 nitrogen and oxygen atoms in total. The normalized spacial score (nSPS) is 15.1. The Morgan fingerprint density at radius 2 is 1.68 bits per heavy atom. The lowest BCUT2D eigenvalue weighted by Crippen LogP contribution is -2.59. The van der Waals surface area contributed by atoms with Crippen LogP contribution in [0.5, 0.6) is 0 Å². The van der Waals surface area contributed by atoms with Gasteiger partial charge in [0.2, 0.25) is 0 Å². The molecule has 0 aliphatic heterocycles. The van der Waals surface area contributed by atoms with E-state index in [0.29, 0.717) is 0 Å². The number of rotatable bonds is 5. The summed E-state index contributed by atoms with van der Waals surface area (Å²) in [6, 6.07) is 5.71. The molecule has 0 radical (unpaired) electrons. The Labute approximate surface area is 108 Å². The fraction of sp³-hybridized carbons (Fsp3) is 0.250. The van der Waals surface area contributed by atoms with Crippen molar-refractivity contribution < 1.29 is 29.7 Å². The Kier molecular flexibility index (Phi) is 4.23.